The van der Waals surface area contributed by atoms with E-state index >= 15 is 0 Å². The van der Waals surface area contributed by atoms with Gasteiger partial charge in [0.05, 0.1) is 4.91 Å². The van der Waals surface area contributed by atoms with E-state index < -0.39 is 5.82 Å². The summed E-state index contributed by atoms with van der Waals surface area (Å²) in [6.07, 6.45) is 4.22. The smallest absolute Gasteiger partial charge is 0.286 e. The topological polar surface area (TPSA) is 56.1 Å². The summed E-state index contributed by atoms with van der Waals surface area (Å²) in [5.41, 5.74) is 0.291. The van der Waals surface area contributed by atoms with Crippen LogP contribution in [0.4, 0.5) is 4.39 Å². The van der Waals surface area contributed by atoms with Gasteiger partial charge in [0.15, 0.2) is 5.17 Å². The highest BCUT2D eigenvalue weighted by Gasteiger charge is 2.34. The molecule has 0 bridgehead atoms. The number of aromatic hydroxyl groups is 1. The Balaban J connectivity index is 1.44. The van der Waals surface area contributed by atoms with E-state index in [9.17, 15) is 14.3 Å². The number of rotatable bonds is 3. The fourth-order valence-electron chi connectivity index (χ4n) is 3.45. The number of thioether (sulfide) groups is 1. The Morgan fingerprint density at radius 2 is 2.19 bits per heavy atom. The Hall–Kier alpha value is -1.86. The van der Waals surface area contributed by atoms with Crippen molar-refractivity contribution in [1.29, 1.82) is 0 Å². The number of carbonyl (C=O) groups excluding carboxylic acids is 1. The Morgan fingerprint density at radius 1 is 1.38 bits per heavy atom. The van der Waals surface area contributed by atoms with E-state index in [0.29, 0.717) is 21.7 Å². The summed E-state index contributed by atoms with van der Waals surface area (Å²) in [6.45, 7) is 6.16. The highest BCUT2D eigenvalue weighted by atomic mass is 32.2. The number of phenols is 1. The van der Waals surface area contributed by atoms with Crippen LogP contribution in [0.25, 0.3) is 6.08 Å². The second-order valence-electron chi connectivity index (χ2n) is 7.26. The molecule has 138 valence electrons. The van der Waals surface area contributed by atoms with E-state index in [1.165, 1.54) is 55.4 Å². The second-order valence-corrected chi connectivity index (χ2v) is 8.27. The number of benzene rings is 1. The van der Waals surface area contributed by atoms with Crippen molar-refractivity contribution in [1.82, 2.24) is 9.80 Å². The molecule has 5 nitrogen and oxygen atoms in total. The zero-order chi connectivity index (χ0) is 18.3. The largest absolute Gasteiger partial charge is 0.507 e. The molecule has 1 aliphatic carbocycles. The van der Waals surface area contributed by atoms with Crippen LogP contribution in [0.3, 0.4) is 0 Å². The number of aliphatic imine (C=N–C) groups is 1. The Bertz CT molecular complexity index is 791. The summed E-state index contributed by atoms with van der Waals surface area (Å²) < 4.78 is 13.4. The zero-order valence-corrected chi connectivity index (χ0v) is 15.5. The molecule has 7 heteroatoms. The molecule has 0 spiro atoms. The summed E-state index contributed by atoms with van der Waals surface area (Å²) in [4.78, 5) is 21.6. The van der Waals surface area contributed by atoms with Gasteiger partial charge in [0, 0.05) is 37.8 Å². The van der Waals surface area contributed by atoms with Crippen molar-refractivity contribution < 1.29 is 14.3 Å². The molecule has 2 heterocycles. The number of amidine groups is 1. The molecule has 26 heavy (non-hydrogen) atoms. The maximum absolute atomic E-state index is 13.4. The first-order valence-electron chi connectivity index (χ1n) is 8.99. The summed E-state index contributed by atoms with van der Waals surface area (Å²) in [5.74, 6) is 0.0396. The van der Waals surface area contributed by atoms with Crippen molar-refractivity contribution in [3.05, 3.63) is 34.5 Å². The molecule has 1 N–H and O–H groups in total. The van der Waals surface area contributed by atoms with Crippen molar-refractivity contribution in [3.8, 4) is 5.75 Å². The third kappa shape index (κ3) is 3.78. The molecule has 1 saturated carbocycles. The first-order valence-corrected chi connectivity index (χ1v) is 9.81. The van der Waals surface area contributed by atoms with Crippen LogP contribution >= 0.6 is 11.8 Å². The molecule has 1 amide bonds. The number of halogens is 1. The predicted molar refractivity (Wildman–Crippen MR) is 101 cm³/mol. The van der Waals surface area contributed by atoms with E-state index in [1.54, 1.807) is 0 Å². The van der Waals surface area contributed by atoms with Crippen LogP contribution in [0.2, 0.25) is 0 Å². The van der Waals surface area contributed by atoms with E-state index in [1.807, 2.05) is 0 Å². The molecular formula is C19H22FN3O2S. The average molecular weight is 375 g/mol. The number of hydrogen-bond acceptors (Lipinski definition) is 5. The van der Waals surface area contributed by atoms with Crippen LogP contribution < -0.4 is 0 Å². The van der Waals surface area contributed by atoms with Crippen molar-refractivity contribution in [3.63, 3.8) is 0 Å². The fraction of sp³-hybridized carbons (Fsp3) is 0.474. The zero-order valence-electron chi connectivity index (χ0n) is 14.7. The third-order valence-electron chi connectivity index (χ3n) is 5.06. The SMILES string of the molecule is C[C@@H]1CN(CC2CC2)CCN1C1=NC(=O)/C(=C/c2cc(F)ccc2O)S1. The van der Waals surface area contributed by atoms with Gasteiger partial charge < -0.3 is 10.0 Å². The van der Waals surface area contributed by atoms with Crippen LogP contribution in [-0.2, 0) is 4.79 Å². The minimum atomic E-state index is -0.452. The van der Waals surface area contributed by atoms with Crippen molar-refractivity contribution in [2.24, 2.45) is 10.9 Å². The van der Waals surface area contributed by atoms with Gasteiger partial charge in [0.1, 0.15) is 11.6 Å². The molecule has 1 aromatic carbocycles. The number of phenolic OH excluding ortho intramolecular Hbond substituents is 1. The Kier molecular flexibility index (Phi) is 4.75. The predicted octanol–water partition coefficient (Wildman–Crippen LogP) is 2.92. The number of hydrogen-bond donors (Lipinski definition) is 1. The molecule has 2 fully saturated rings. The van der Waals surface area contributed by atoms with Crippen molar-refractivity contribution in [2.45, 2.75) is 25.8 Å². The van der Waals surface area contributed by atoms with Gasteiger partial charge >= 0.3 is 0 Å². The third-order valence-corrected chi connectivity index (χ3v) is 6.08. The van der Waals surface area contributed by atoms with Gasteiger partial charge in [-0.3, -0.25) is 9.69 Å². The minimum absolute atomic E-state index is 0.0530. The van der Waals surface area contributed by atoms with E-state index in [0.717, 1.165) is 25.6 Å². The first-order chi connectivity index (χ1) is 12.5. The van der Waals surface area contributed by atoms with Gasteiger partial charge in [0.2, 0.25) is 0 Å². The lowest BCUT2D eigenvalue weighted by atomic mass is 10.2. The standard InChI is InChI=1S/C19H22FN3O2S/c1-12-10-22(11-13-2-3-13)6-7-23(12)19-21-18(25)17(26-19)9-14-8-15(20)4-5-16(14)24/h4-5,8-9,12-13,24H,2-3,6-7,10-11H2,1H3/b17-9-/t12-/m1/s1. The molecule has 2 aliphatic heterocycles. The van der Waals surface area contributed by atoms with Crippen LogP contribution in [0.15, 0.2) is 28.1 Å². The lowest BCUT2D eigenvalue weighted by Gasteiger charge is -2.40. The van der Waals surface area contributed by atoms with E-state index in [4.69, 9.17) is 0 Å². The lowest BCUT2D eigenvalue weighted by Crippen LogP contribution is -2.53. The second kappa shape index (κ2) is 7.04. The minimum Gasteiger partial charge on any atom is -0.507 e. The molecule has 4 rings (SSSR count). The van der Waals surface area contributed by atoms with Crippen LogP contribution in [0.5, 0.6) is 5.75 Å². The van der Waals surface area contributed by atoms with Crippen molar-refractivity contribution >= 4 is 28.9 Å². The Morgan fingerprint density at radius 3 is 2.92 bits per heavy atom. The molecule has 1 aromatic rings. The average Bonchev–Trinajstić information content (AvgIpc) is 3.33. The maximum Gasteiger partial charge on any atom is 0.286 e. The summed E-state index contributed by atoms with van der Waals surface area (Å²) in [7, 11) is 0. The molecule has 1 atom stereocenters. The Labute approximate surface area is 156 Å². The van der Waals surface area contributed by atoms with Crippen molar-refractivity contribution in [2.75, 3.05) is 26.2 Å². The van der Waals surface area contributed by atoms with Gasteiger partial charge in [-0.05, 0) is 61.7 Å². The number of piperazine rings is 1. The summed E-state index contributed by atoms with van der Waals surface area (Å²) in [5, 5.41) is 10.6. The maximum atomic E-state index is 13.4. The van der Waals surface area contributed by atoms with Crippen LogP contribution in [0.1, 0.15) is 25.3 Å². The molecule has 0 radical (unpaired) electrons. The highest BCUT2D eigenvalue weighted by molar-refractivity contribution is 8.18. The van der Waals surface area contributed by atoms with Crippen LogP contribution in [-0.4, -0.2) is 58.2 Å². The van der Waals surface area contributed by atoms with Gasteiger partial charge in [0.25, 0.3) is 5.91 Å². The number of nitrogens with zero attached hydrogens (tertiary/aromatic N) is 3. The monoisotopic (exact) mass is 375 g/mol. The molecular weight excluding hydrogens is 353 g/mol. The van der Waals surface area contributed by atoms with Crippen LogP contribution in [0, 0.1) is 11.7 Å². The van der Waals surface area contributed by atoms with Gasteiger partial charge in [-0.15, -0.1) is 0 Å². The first kappa shape index (κ1) is 17.5. The summed E-state index contributed by atoms with van der Waals surface area (Å²) in [6, 6.07) is 3.98. The highest BCUT2D eigenvalue weighted by Crippen LogP contribution is 2.34. The fourth-order valence-corrected chi connectivity index (χ4v) is 4.48. The van der Waals surface area contributed by atoms with E-state index in [2.05, 4.69) is 21.7 Å². The lowest BCUT2D eigenvalue weighted by molar-refractivity contribution is -0.113. The molecule has 3 aliphatic rings. The normalized spacial score (nSPS) is 25.8. The van der Waals surface area contributed by atoms with Gasteiger partial charge in [-0.2, -0.15) is 4.99 Å². The van der Waals surface area contributed by atoms with Gasteiger partial charge in [-0.25, -0.2) is 4.39 Å². The summed E-state index contributed by atoms with van der Waals surface area (Å²) >= 11 is 1.30. The molecule has 0 aromatic heterocycles. The molecule has 1 saturated heterocycles. The number of carbonyl (C=O) groups is 1. The molecule has 0 unspecified atom stereocenters. The van der Waals surface area contributed by atoms with Gasteiger partial charge in [-0.1, -0.05) is 0 Å². The number of amides is 1. The van der Waals surface area contributed by atoms with E-state index in [-0.39, 0.29) is 11.7 Å². The quantitative estimate of drug-likeness (QED) is 0.824.